The van der Waals surface area contributed by atoms with Crippen LogP contribution in [0.25, 0.3) is 0 Å². The molecule has 2 aliphatic rings. The molecule has 2 N–H and O–H groups in total. The first-order valence-electron chi connectivity index (χ1n) is 9.14. The lowest BCUT2D eigenvalue weighted by molar-refractivity contribution is -0.141. The zero-order valence-electron chi connectivity index (χ0n) is 14.3. The number of carbonyl (C=O) groups is 1. The highest BCUT2D eigenvalue weighted by atomic mass is 19.1. The van der Waals surface area contributed by atoms with Crippen molar-refractivity contribution in [1.82, 2.24) is 9.80 Å². The largest absolute Gasteiger partial charge is 0.338 e. The predicted octanol–water partition coefficient (Wildman–Crippen LogP) is 2.38. The van der Waals surface area contributed by atoms with Gasteiger partial charge in [-0.1, -0.05) is 12.1 Å². The molecule has 0 aromatic heterocycles. The Balaban J connectivity index is 1.61. The number of rotatable bonds is 4. The lowest BCUT2D eigenvalue weighted by atomic mass is 9.93. The molecule has 2 fully saturated rings. The summed E-state index contributed by atoms with van der Waals surface area (Å²) in [6, 6.07) is 6.96. The number of hydrogen-bond acceptors (Lipinski definition) is 3. The van der Waals surface area contributed by atoms with Crippen LogP contribution in [0.4, 0.5) is 4.39 Å². The van der Waals surface area contributed by atoms with Crippen LogP contribution in [-0.4, -0.2) is 47.9 Å². The number of likely N-dealkylation sites (tertiary alicyclic amines) is 2. The molecule has 4 nitrogen and oxygen atoms in total. The molecule has 1 aromatic carbocycles. The van der Waals surface area contributed by atoms with E-state index in [4.69, 9.17) is 5.73 Å². The summed E-state index contributed by atoms with van der Waals surface area (Å²) in [5, 5.41) is 0. The predicted molar refractivity (Wildman–Crippen MR) is 92.8 cm³/mol. The molecule has 0 saturated carbocycles. The van der Waals surface area contributed by atoms with Gasteiger partial charge >= 0.3 is 0 Å². The summed E-state index contributed by atoms with van der Waals surface area (Å²) in [4.78, 5) is 17.3. The molecule has 2 unspecified atom stereocenters. The van der Waals surface area contributed by atoms with E-state index in [1.807, 2.05) is 11.0 Å². The minimum atomic E-state index is -0.198. The summed E-state index contributed by atoms with van der Waals surface area (Å²) in [5.74, 6) is 0.129. The smallest absolute Gasteiger partial charge is 0.227 e. The number of carbonyl (C=O) groups excluding carboxylic acids is 1. The van der Waals surface area contributed by atoms with Crippen LogP contribution in [0.1, 0.15) is 37.7 Å². The number of halogens is 1. The number of benzene rings is 1. The topological polar surface area (TPSA) is 49.6 Å². The minimum Gasteiger partial charge on any atom is -0.338 e. The van der Waals surface area contributed by atoms with Crippen LogP contribution in [0.3, 0.4) is 0 Å². The standard InChI is InChI=1S/C19H28FN3O/c20-17-7-3-5-15(11-17)13-22-9-4-6-16(14-22)19(24)23-10-2-1-8-18(23)12-21/h3,5,7,11,16,18H,1-2,4,6,8-10,12-14,21H2. The van der Waals surface area contributed by atoms with E-state index in [0.29, 0.717) is 13.1 Å². The van der Waals surface area contributed by atoms with Gasteiger partial charge in [-0.25, -0.2) is 4.39 Å². The van der Waals surface area contributed by atoms with E-state index in [9.17, 15) is 9.18 Å². The van der Waals surface area contributed by atoms with Gasteiger partial charge in [-0.3, -0.25) is 9.69 Å². The van der Waals surface area contributed by atoms with Gasteiger partial charge < -0.3 is 10.6 Å². The Kier molecular flexibility index (Phi) is 5.85. The normalized spacial score (nSPS) is 25.7. The van der Waals surface area contributed by atoms with Crippen molar-refractivity contribution >= 4 is 5.91 Å². The third-order valence-corrected chi connectivity index (χ3v) is 5.33. The van der Waals surface area contributed by atoms with Crippen molar-refractivity contribution in [3.05, 3.63) is 35.6 Å². The number of piperidine rings is 2. The van der Waals surface area contributed by atoms with Gasteiger partial charge in [-0.15, -0.1) is 0 Å². The SMILES string of the molecule is NCC1CCCCN1C(=O)C1CCCN(Cc2cccc(F)c2)C1. The summed E-state index contributed by atoms with van der Waals surface area (Å²) >= 11 is 0. The second-order valence-corrected chi connectivity index (χ2v) is 7.12. The maximum Gasteiger partial charge on any atom is 0.227 e. The van der Waals surface area contributed by atoms with Crippen molar-refractivity contribution in [3.8, 4) is 0 Å². The van der Waals surface area contributed by atoms with Crippen molar-refractivity contribution in [2.75, 3.05) is 26.2 Å². The number of hydrogen-bond donors (Lipinski definition) is 1. The van der Waals surface area contributed by atoms with E-state index in [1.54, 1.807) is 12.1 Å². The molecule has 1 aromatic rings. The van der Waals surface area contributed by atoms with Crippen molar-refractivity contribution in [3.63, 3.8) is 0 Å². The second kappa shape index (κ2) is 8.08. The highest BCUT2D eigenvalue weighted by Gasteiger charge is 2.33. The van der Waals surface area contributed by atoms with Gasteiger partial charge in [-0.2, -0.15) is 0 Å². The van der Waals surface area contributed by atoms with Gasteiger partial charge in [0.1, 0.15) is 5.82 Å². The lowest BCUT2D eigenvalue weighted by Crippen LogP contribution is -2.52. The van der Waals surface area contributed by atoms with E-state index in [0.717, 1.165) is 50.9 Å². The van der Waals surface area contributed by atoms with Crippen LogP contribution in [0, 0.1) is 11.7 Å². The maximum absolute atomic E-state index is 13.4. The molecule has 2 saturated heterocycles. The molecule has 2 atom stereocenters. The fourth-order valence-corrected chi connectivity index (χ4v) is 4.06. The number of nitrogens with two attached hydrogens (primary N) is 1. The fraction of sp³-hybridized carbons (Fsp3) is 0.632. The Morgan fingerprint density at radius 1 is 1.21 bits per heavy atom. The molecule has 5 heteroatoms. The van der Waals surface area contributed by atoms with E-state index in [2.05, 4.69) is 4.90 Å². The average Bonchev–Trinajstić information content (AvgIpc) is 2.61. The van der Waals surface area contributed by atoms with Gasteiger partial charge in [-0.05, 0) is 56.3 Å². The van der Waals surface area contributed by atoms with E-state index >= 15 is 0 Å². The summed E-state index contributed by atoms with van der Waals surface area (Å²) in [6.45, 7) is 3.86. The van der Waals surface area contributed by atoms with Crippen molar-refractivity contribution in [2.24, 2.45) is 11.7 Å². The molecular formula is C19H28FN3O. The Morgan fingerprint density at radius 3 is 2.88 bits per heavy atom. The zero-order valence-corrected chi connectivity index (χ0v) is 14.3. The summed E-state index contributed by atoms with van der Waals surface area (Å²) < 4.78 is 13.4. The Morgan fingerprint density at radius 2 is 2.08 bits per heavy atom. The molecule has 0 radical (unpaired) electrons. The highest BCUT2D eigenvalue weighted by molar-refractivity contribution is 5.79. The number of nitrogens with zero attached hydrogens (tertiary/aromatic N) is 2. The van der Waals surface area contributed by atoms with Crippen LogP contribution in [0.2, 0.25) is 0 Å². The third-order valence-electron chi connectivity index (χ3n) is 5.33. The first-order chi connectivity index (χ1) is 11.7. The monoisotopic (exact) mass is 333 g/mol. The molecule has 1 amide bonds. The first kappa shape index (κ1) is 17.4. The molecular weight excluding hydrogens is 305 g/mol. The summed E-state index contributed by atoms with van der Waals surface area (Å²) in [5.41, 5.74) is 6.84. The molecule has 132 valence electrons. The molecule has 0 spiro atoms. The minimum absolute atomic E-state index is 0.0551. The van der Waals surface area contributed by atoms with E-state index in [-0.39, 0.29) is 23.7 Å². The Labute approximate surface area is 143 Å². The van der Waals surface area contributed by atoms with Crippen LogP contribution in [0.5, 0.6) is 0 Å². The molecule has 0 aliphatic carbocycles. The highest BCUT2D eigenvalue weighted by Crippen LogP contribution is 2.24. The Bertz CT molecular complexity index is 565. The van der Waals surface area contributed by atoms with Gasteiger partial charge in [0.05, 0.1) is 5.92 Å². The molecule has 2 aliphatic heterocycles. The van der Waals surface area contributed by atoms with Crippen LogP contribution >= 0.6 is 0 Å². The molecule has 3 rings (SSSR count). The second-order valence-electron chi connectivity index (χ2n) is 7.12. The number of amides is 1. The van der Waals surface area contributed by atoms with Gasteiger partial charge in [0.25, 0.3) is 0 Å². The first-order valence-corrected chi connectivity index (χ1v) is 9.14. The maximum atomic E-state index is 13.4. The average molecular weight is 333 g/mol. The van der Waals surface area contributed by atoms with Crippen LogP contribution < -0.4 is 5.73 Å². The van der Waals surface area contributed by atoms with Gasteiger partial charge in [0, 0.05) is 32.2 Å². The molecule has 2 heterocycles. The van der Waals surface area contributed by atoms with Crippen LogP contribution in [0.15, 0.2) is 24.3 Å². The summed E-state index contributed by atoms with van der Waals surface area (Å²) in [7, 11) is 0. The van der Waals surface area contributed by atoms with Gasteiger partial charge in [0.2, 0.25) is 5.91 Å². The summed E-state index contributed by atoms with van der Waals surface area (Å²) in [6.07, 6.45) is 5.26. The van der Waals surface area contributed by atoms with E-state index in [1.165, 1.54) is 12.5 Å². The van der Waals surface area contributed by atoms with E-state index < -0.39 is 0 Å². The lowest BCUT2D eigenvalue weighted by Gasteiger charge is -2.40. The third kappa shape index (κ3) is 4.14. The van der Waals surface area contributed by atoms with Gasteiger partial charge in [0.15, 0.2) is 0 Å². The van der Waals surface area contributed by atoms with Crippen molar-refractivity contribution < 1.29 is 9.18 Å². The zero-order chi connectivity index (χ0) is 16.9. The van der Waals surface area contributed by atoms with Crippen LogP contribution in [-0.2, 0) is 11.3 Å². The quantitative estimate of drug-likeness (QED) is 0.920. The molecule has 24 heavy (non-hydrogen) atoms. The van der Waals surface area contributed by atoms with Crippen molar-refractivity contribution in [1.29, 1.82) is 0 Å². The molecule has 0 bridgehead atoms. The van der Waals surface area contributed by atoms with Crippen molar-refractivity contribution in [2.45, 2.75) is 44.7 Å². The fourth-order valence-electron chi connectivity index (χ4n) is 4.06. The Hall–Kier alpha value is -1.46.